The zero-order valence-corrected chi connectivity index (χ0v) is 8.82. The number of phenolic OH excluding ortho intramolecular Hbond substituents is 1. The Morgan fingerprint density at radius 3 is 3.00 bits per heavy atom. The average molecular weight is 294 g/mol. The summed E-state index contributed by atoms with van der Waals surface area (Å²) in [5, 5.41) is 11.7. The van der Waals surface area contributed by atoms with Crippen molar-refractivity contribution in [1.82, 2.24) is 0 Å². The minimum absolute atomic E-state index is 0.0167. The monoisotopic (exact) mass is 294 g/mol. The number of hydrogen-bond donors (Lipinski definition) is 1. The van der Waals surface area contributed by atoms with Crippen molar-refractivity contribution < 1.29 is 9.50 Å². The molecule has 2 aromatic rings. The van der Waals surface area contributed by atoms with Crippen molar-refractivity contribution in [2.75, 3.05) is 0 Å². The molecule has 1 N–H and O–H groups in total. The van der Waals surface area contributed by atoms with Gasteiger partial charge in [-0.15, -0.1) is 11.3 Å². The molecule has 4 heteroatoms. The summed E-state index contributed by atoms with van der Waals surface area (Å²) in [7, 11) is 0. The topological polar surface area (TPSA) is 20.2 Å². The Morgan fingerprint density at radius 1 is 1.50 bits per heavy atom. The number of benzene rings is 1. The summed E-state index contributed by atoms with van der Waals surface area (Å²) in [4.78, 5) is 0. The molecule has 0 radical (unpaired) electrons. The van der Waals surface area contributed by atoms with Gasteiger partial charge in [-0.1, -0.05) is 0 Å². The summed E-state index contributed by atoms with van der Waals surface area (Å²) >= 11 is 3.22. The zero-order valence-electron chi connectivity index (χ0n) is 5.84. The summed E-state index contributed by atoms with van der Waals surface area (Å²) in [5.74, 6) is -0.310. The lowest BCUT2D eigenvalue weighted by Gasteiger charge is -1.99. The Morgan fingerprint density at radius 2 is 2.25 bits per heavy atom. The quantitative estimate of drug-likeness (QED) is 0.739. The number of hydrogen-bond acceptors (Lipinski definition) is 2. The van der Waals surface area contributed by atoms with Crippen LogP contribution < -0.4 is 0 Å². The maximum absolute atomic E-state index is 13.3. The highest BCUT2D eigenvalue weighted by Gasteiger charge is 2.10. The summed E-state index contributed by atoms with van der Waals surface area (Å²) in [6.45, 7) is 0. The van der Waals surface area contributed by atoms with E-state index in [1.807, 2.05) is 5.38 Å². The number of thiophene rings is 1. The van der Waals surface area contributed by atoms with Crippen molar-refractivity contribution >= 4 is 44.0 Å². The first-order valence-corrected chi connectivity index (χ1v) is 5.20. The lowest BCUT2D eigenvalue weighted by atomic mass is 10.2. The Kier molecular flexibility index (Phi) is 1.96. The molecule has 0 aliphatic carbocycles. The fourth-order valence-corrected chi connectivity index (χ4v) is 2.29. The molecular weight excluding hydrogens is 290 g/mol. The van der Waals surface area contributed by atoms with Gasteiger partial charge in [-0.2, -0.15) is 0 Å². The van der Waals surface area contributed by atoms with E-state index in [2.05, 4.69) is 0 Å². The molecule has 0 saturated carbocycles. The van der Waals surface area contributed by atoms with Crippen molar-refractivity contribution in [3.05, 3.63) is 26.9 Å². The van der Waals surface area contributed by atoms with Gasteiger partial charge in [-0.05, 0) is 40.1 Å². The summed E-state index contributed by atoms with van der Waals surface area (Å²) in [5.41, 5.74) is 0. The SMILES string of the molecule is Oc1cc2sccc2c(F)c1I. The van der Waals surface area contributed by atoms with Gasteiger partial charge in [0.15, 0.2) is 0 Å². The van der Waals surface area contributed by atoms with Crippen LogP contribution in [0, 0.1) is 9.39 Å². The van der Waals surface area contributed by atoms with E-state index >= 15 is 0 Å². The van der Waals surface area contributed by atoms with E-state index in [0.717, 1.165) is 4.70 Å². The molecule has 2 rings (SSSR count). The first-order chi connectivity index (χ1) is 5.70. The van der Waals surface area contributed by atoms with Gasteiger partial charge < -0.3 is 5.11 Å². The lowest BCUT2D eigenvalue weighted by Crippen LogP contribution is -1.82. The van der Waals surface area contributed by atoms with E-state index in [-0.39, 0.29) is 11.6 Å². The van der Waals surface area contributed by atoms with Crippen molar-refractivity contribution in [2.45, 2.75) is 0 Å². The molecule has 1 heterocycles. The second-order valence-corrected chi connectivity index (χ2v) is 4.38. The third-order valence-corrected chi connectivity index (χ3v) is 3.51. The second-order valence-electron chi connectivity index (χ2n) is 2.36. The van der Waals surface area contributed by atoms with Gasteiger partial charge in [-0.25, -0.2) is 4.39 Å². The Labute approximate surface area is 86.0 Å². The highest BCUT2D eigenvalue weighted by molar-refractivity contribution is 14.1. The molecule has 0 spiro atoms. The van der Waals surface area contributed by atoms with Gasteiger partial charge in [0, 0.05) is 10.1 Å². The van der Waals surface area contributed by atoms with Crippen LogP contribution >= 0.6 is 33.9 Å². The first-order valence-electron chi connectivity index (χ1n) is 3.24. The van der Waals surface area contributed by atoms with Gasteiger partial charge in [-0.3, -0.25) is 0 Å². The third kappa shape index (κ3) is 1.09. The Balaban J connectivity index is 2.94. The van der Waals surface area contributed by atoms with E-state index in [1.165, 1.54) is 11.3 Å². The minimum atomic E-state index is -0.327. The van der Waals surface area contributed by atoms with Crippen LogP contribution in [0.2, 0.25) is 0 Å². The van der Waals surface area contributed by atoms with Crippen LogP contribution in [-0.2, 0) is 0 Å². The predicted octanol–water partition coefficient (Wildman–Crippen LogP) is 3.35. The second kappa shape index (κ2) is 2.85. The average Bonchev–Trinajstić information content (AvgIpc) is 2.48. The number of aromatic hydroxyl groups is 1. The molecule has 0 amide bonds. The molecule has 0 saturated heterocycles. The molecule has 1 nitrogen and oxygen atoms in total. The van der Waals surface area contributed by atoms with Gasteiger partial charge >= 0.3 is 0 Å². The number of halogens is 2. The van der Waals surface area contributed by atoms with E-state index in [1.54, 1.807) is 34.7 Å². The van der Waals surface area contributed by atoms with Crippen LogP contribution in [0.15, 0.2) is 17.5 Å². The van der Waals surface area contributed by atoms with Gasteiger partial charge in [0.1, 0.15) is 11.6 Å². The molecule has 0 atom stereocenters. The number of phenols is 1. The van der Waals surface area contributed by atoms with E-state index in [4.69, 9.17) is 0 Å². The summed E-state index contributed by atoms with van der Waals surface area (Å²) < 4.78 is 14.4. The molecule has 12 heavy (non-hydrogen) atoms. The zero-order chi connectivity index (χ0) is 8.72. The predicted molar refractivity (Wildman–Crippen MR) is 56.2 cm³/mol. The van der Waals surface area contributed by atoms with E-state index in [0.29, 0.717) is 8.96 Å². The molecule has 0 aliphatic heterocycles. The molecule has 0 fully saturated rings. The molecule has 1 aromatic carbocycles. The molecular formula is C8H4FIOS. The molecule has 0 bridgehead atoms. The third-order valence-electron chi connectivity index (χ3n) is 1.62. The van der Waals surface area contributed by atoms with Crippen LogP contribution in [0.1, 0.15) is 0 Å². The van der Waals surface area contributed by atoms with Crippen LogP contribution in [0.4, 0.5) is 4.39 Å². The Bertz CT molecular complexity index is 438. The maximum atomic E-state index is 13.3. The highest BCUT2D eigenvalue weighted by Crippen LogP contribution is 2.32. The molecule has 0 aliphatic rings. The van der Waals surface area contributed by atoms with Crippen LogP contribution in [0.3, 0.4) is 0 Å². The van der Waals surface area contributed by atoms with E-state index < -0.39 is 0 Å². The van der Waals surface area contributed by atoms with E-state index in [9.17, 15) is 9.50 Å². The largest absolute Gasteiger partial charge is 0.507 e. The van der Waals surface area contributed by atoms with Crippen molar-refractivity contribution in [3.63, 3.8) is 0 Å². The molecule has 62 valence electrons. The standard InChI is InChI=1S/C8H4FIOS/c9-7-4-1-2-12-6(4)3-5(11)8(7)10/h1-3,11H. The highest BCUT2D eigenvalue weighted by atomic mass is 127. The fourth-order valence-electron chi connectivity index (χ4n) is 1.03. The number of fused-ring (bicyclic) bond motifs is 1. The van der Waals surface area contributed by atoms with Crippen LogP contribution in [-0.4, -0.2) is 5.11 Å². The van der Waals surface area contributed by atoms with Crippen molar-refractivity contribution in [3.8, 4) is 5.75 Å². The van der Waals surface area contributed by atoms with Crippen molar-refractivity contribution in [1.29, 1.82) is 0 Å². The Hall–Kier alpha value is -0.360. The number of rotatable bonds is 0. The van der Waals surface area contributed by atoms with Crippen LogP contribution in [0.25, 0.3) is 10.1 Å². The van der Waals surface area contributed by atoms with Crippen LogP contribution in [0.5, 0.6) is 5.75 Å². The lowest BCUT2D eigenvalue weighted by molar-refractivity contribution is 0.466. The minimum Gasteiger partial charge on any atom is -0.507 e. The summed E-state index contributed by atoms with van der Waals surface area (Å²) in [6.07, 6.45) is 0. The van der Waals surface area contributed by atoms with Gasteiger partial charge in [0.2, 0.25) is 0 Å². The molecule has 1 aromatic heterocycles. The summed E-state index contributed by atoms with van der Waals surface area (Å²) in [6, 6.07) is 3.31. The van der Waals surface area contributed by atoms with Gasteiger partial charge in [0.25, 0.3) is 0 Å². The maximum Gasteiger partial charge on any atom is 0.148 e. The van der Waals surface area contributed by atoms with Crippen molar-refractivity contribution in [2.24, 2.45) is 0 Å². The normalized spacial score (nSPS) is 10.8. The smallest absolute Gasteiger partial charge is 0.148 e. The first kappa shape index (κ1) is 8.25. The van der Waals surface area contributed by atoms with Gasteiger partial charge in [0.05, 0.1) is 3.57 Å². The molecule has 0 unspecified atom stereocenters. The fraction of sp³-hybridized carbons (Fsp3) is 0.